The topological polar surface area (TPSA) is 43.1 Å². The van der Waals surface area contributed by atoms with Gasteiger partial charge in [0.15, 0.2) is 0 Å². The van der Waals surface area contributed by atoms with E-state index in [4.69, 9.17) is 0 Å². The lowest BCUT2D eigenvalue weighted by atomic mass is 10.1. The van der Waals surface area contributed by atoms with Gasteiger partial charge in [-0.05, 0) is 29.7 Å². The van der Waals surface area contributed by atoms with Crippen LogP contribution in [0.25, 0.3) is 0 Å². The molecule has 2 aromatic rings. The Balaban J connectivity index is 2.13. The van der Waals surface area contributed by atoms with E-state index >= 15 is 0 Å². The average molecular weight is 292 g/mol. The van der Waals surface area contributed by atoms with Crippen LogP contribution < -0.4 is 0 Å². The molecular weight excluding hydrogens is 282 g/mol. The fourth-order valence-corrected chi connectivity index (χ4v) is 1.84. The van der Waals surface area contributed by atoms with E-state index in [0.29, 0.717) is 0 Å². The fraction of sp³-hybridized carbons (Fsp3) is 0.0769. The van der Waals surface area contributed by atoms with Crippen LogP contribution in [-0.4, -0.2) is 4.92 Å². The van der Waals surface area contributed by atoms with Crippen molar-refractivity contribution >= 4 is 21.6 Å². The van der Waals surface area contributed by atoms with Crippen LogP contribution in [0, 0.1) is 10.1 Å². The first-order valence-electron chi connectivity index (χ1n) is 5.13. The van der Waals surface area contributed by atoms with E-state index in [9.17, 15) is 10.1 Å². The van der Waals surface area contributed by atoms with Gasteiger partial charge in [0.25, 0.3) is 5.69 Å². The number of rotatable bonds is 3. The molecule has 3 nitrogen and oxygen atoms in total. The molecule has 0 spiro atoms. The molecule has 0 N–H and O–H groups in total. The molecule has 17 heavy (non-hydrogen) atoms. The zero-order valence-electron chi connectivity index (χ0n) is 8.97. The first-order chi connectivity index (χ1) is 8.15. The van der Waals surface area contributed by atoms with Crippen molar-refractivity contribution in [1.29, 1.82) is 0 Å². The Bertz CT molecular complexity index is 520. The monoisotopic (exact) mass is 291 g/mol. The first-order valence-corrected chi connectivity index (χ1v) is 5.92. The maximum absolute atomic E-state index is 10.5. The van der Waals surface area contributed by atoms with Crippen LogP contribution in [0.1, 0.15) is 11.1 Å². The van der Waals surface area contributed by atoms with Crippen molar-refractivity contribution in [3.63, 3.8) is 0 Å². The molecule has 2 rings (SSSR count). The third-order valence-electron chi connectivity index (χ3n) is 2.47. The summed E-state index contributed by atoms with van der Waals surface area (Å²) in [6.07, 6.45) is 0.783. The van der Waals surface area contributed by atoms with E-state index in [1.807, 2.05) is 24.3 Å². The summed E-state index contributed by atoms with van der Waals surface area (Å²) in [4.78, 5) is 10.1. The number of nitro groups is 1. The molecule has 0 aliphatic rings. The van der Waals surface area contributed by atoms with Crippen molar-refractivity contribution < 1.29 is 4.92 Å². The summed E-state index contributed by atoms with van der Waals surface area (Å²) >= 11 is 3.38. The van der Waals surface area contributed by atoms with Gasteiger partial charge in [-0.3, -0.25) is 10.1 Å². The van der Waals surface area contributed by atoms with Gasteiger partial charge in [-0.25, -0.2) is 0 Å². The summed E-state index contributed by atoms with van der Waals surface area (Å²) in [6, 6.07) is 14.7. The lowest BCUT2D eigenvalue weighted by molar-refractivity contribution is -0.384. The van der Waals surface area contributed by atoms with Crippen molar-refractivity contribution in [1.82, 2.24) is 0 Å². The number of halogens is 1. The van der Waals surface area contributed by atoms with Gasteiger partial charge in [0.2, 0.25) is 0 Å². The normalized spacial score (nSPS) is 10.2. The van der Waals surface area contributed by atoms with Gasteiger partial charge >= 0.3 is 0 Å². The molecule has 0 heterocycles. The molecule has 0 fully saturated rings. The van der Waals surface area contributed by atoms with E-state index in [-0.39, 0.29) is 10.6 Å². The third-order valence-corrected chi connectivity index (χ3v) is 3.00. The summed E-state index contributed by atoms with van der Waals surface area (Å²) in [6.45, 7) is 0. The highest BCUT2D eigenvalue weighted by Gasteiger charge is 2.04. The van der Waals surface area contributed by atoms with E-state index < -0.39 is 0 Å². The number of hydrogen-bond donors (Lipinski definition) is 0. The number of nitrogens with zero attached hydrogens (tertiary/aromatic N) is 1. The van der Waals surface area contributed by atoms with E-state index in [1.165, 1.54) is 17.7 Å². The maximum Gasteiger partial charge on any atom is 0.269 e. The van der Waals surface area contributed by atoms with Crippen LogP contribution in [0.4, 0.5) is 5.69 Å². The Morgan fingerprint density at radius 3 is 1.88 bits per heavy atom. The minimum absolute atomic E-state index is 0.129. The molecule has 0 aromatic heterocycles. The van der Waals surface area contributed by atoms with Gasteiger partial charge in [0, 0.05) is 16.6 Å². The Labute approximate surface area is 107 Å². The number of nitro benzene ring substituents is 1. The Morgan fingerprint density at radius 2 is 1.41 bits per heavy atom. The Kier molecular flexibility index (Phi) is 3.54. The molecule has 0 aliphatic heterocycles. The highest BCUT2D eigenvalue weighted by Crippen LogP contribution is 2.16. The SMILES string of the molecule is O=[N+]([O-])c1ccc(Cc2ccc(Br)cc2)cc1. The van der Waals surface area contributed by atoms with Gasteiger partial charge in [0.1, 0.15) is 0 Å². The lowest BCUT2D eigenvalue weighted by Crippen LogP contribution is -1.90. The molecule has 0 saturated heterocycles. The highest BCUT2D eigenvalue weighted by molar-refractivity contribution is 9.10. The molecule has 0 aliphatic carbocycles. The summed E-state index contributed by atoms with van der Waals surface area (Å²) in [7, 11) is 0. The molecule has 0 unspecified atom stereocenters. The van der Waals surface area contributed by atoms with Gasteiger partial charge in [0.05, 0.1) is 4.92 Å². The van der Waals surface area contributed by atoms with Crippen LogP contribution in [0.2, 0.25) is 0 Å². The molecule has 4 heteroatoms. The minimum atomic E-state index is -0.386. The zero-order valence-corrected chi connectivity index (χ0v) is 10.6. The van der Waals surface area contributed by atoms with Gasteiger partial charge in [-0.2, -0.15) is 0 Å². The predicted molar refractivity (Wildman–Crippen MR) is 70.0 cm³/mol. The number of non-ortho nitro benzene ring substituents is 1. The molecule has 86 valence electrons. The molecule has 0 atom stereocenters. The largest absolute Gasteiger partial charge is 0.269 e. The van der Waals surface area contributed by atoms with E-state index in [2.05, 4.69) is 15.9 Å². The van der Waals surface area contributed by atoms with Gasteiger partial charge in [-0.15, -0.1) is 0 Å². The van der Waals surface area contributed by atoms with Crippen molar-refractivity contribution in [3.8, 4) is 0 Å². The second-order valence-corrected chi connectivity index (χ2v) is 4.64. The molecule has 0 radical (unpaired) electrons. The van der Waals surface area contributed by atoms with Crippen LogP contribution >= 0.6 is 15.9 Å². The average Bonchev–Trinajstić information content (AvgIpc) is 2.33. The summed E-state index contributed by atoms with van der Waals surface area (Å²) in [5.41, 5.74) is 2.38. The smallest absolute Gasteiger partial charge is 0.258 e. The highest BCUT2D eigenvalue weighted by atomic mass is 79.9. The van der Waals surface area contributed by atoms with Crippen molar-refractivity contribution in [2.75, 3.05) is 0 Å². The van der Waals surface area contributed by atoms with Crippen LogP contribution in [0.15, 0.2) is 53.0 Å². The first kappa shape index (κ1) is 11.8. The summed E-state index contributed by atoms with van der Waals surface area (Å²) in [5, 5.41) is 10.5. The quantitative estimate of drug-likeness (QED) is 0.635. The summed E-state index contributed by atoms with van der Waals surface area (Å²) < 4.78 is 1.05. The van der Waals surface area contributed by atoms with Crippen molar-refractivity contribution in [2.24, 2.45) is 0 Å². The van der Waals surface area contributed by atoms with Crippen molar-refractivity contribution in [3.05, 3.63) is 74.2 Å². The maximum atomic E-state index is 10.5. The fourth-order valence-electron chi connectivity index (χ4n) is 1.57. The van der Waals surface area contributed by atoms with Crippen molar-refractivity contribution in [2.45, 2.75) is 6.42 Å². The van der Waals surface area contributed by atoms with Crippen LogP contribution in [-0.2, 0) is 6.42 Å². The Morgan fingerprint density at radius 1 is 0.941 bits per heavy atom. The van der Waals surface area contributed by atoms with Crippen LogP contribution in [0.5, 0.6) is 0 Å². The number of benzene rings is 2. The minimum Gasteiger partial charge on any atom is -0.258 e. The van der Waals surface area contributed by atoms with Gasteiger partial charge in [-0.1, -0.05) is 40.2 Å². The van der Waals surface area contributed by atoms with Gasteiger partial charge < -0.3 is 0 Å². The predicted octanol–water partition coefficient (Wildman–Crippen LogP) is 3.95. The zero-order chi connectivity index (χ0) is 12.3. The number of hydrogen-bond acceptors (Lipinski definition) is 2. The van der Waals surface area contributed by atoms with E-state index in [1.54, 1.807) is 12.1 Å². The molecule has 0 bridgehead atoms. The second-order valence-electron chi connectivity index (χ2n) is 3.73. The lowest BCUT2D eigenvalue weighted by Gasteiger charge is -2.02. The third kappa shape index (κ3) is 3.14. The molecule has 0 saturated carbocycles. The Hall–Kier alpha value is -1.68. The van der Waals surface area contributed by atoms with E-state index in [0.717, 1.165) is 16.5 Å². The molecule has 2 aromatic carbocycles. The molecular formula is C13H10BrNO2. The standard InChI is InChI=1S/C13H10BrNO2/c14-12-5-1-10(2-6-12)9-11-3-7-13(8-4-11)15(16)17/h1-8H,9H2. The second kappa shape index (κ2) is 5.10. The molecule has 0 amide bonds. The van der Waals surface area contributed by atoms with Crippen LogP contribution in [0.3, 0.4) is 0 Å². The summed E-state index contributed by atoms with van der Waals surface area (Å²) in [5.74, 6) is 0.